The fourth-order valence-electron chi connectivity index (χ4n) is 4.07. The van der Waals surface area contributed by atoms with Gasteiger partial charge in [0.1, 0.15) is 11.4 Å². The molecule has 10 heteroatoms. The summed E-state index contributed by atoms with van der Waals surface area (Å²) in [7, 11) is 0. The van der Waals surface area contributed by atoms with Crippen LogP contribution < -0.4 is 5.32 Å². The number of alkyl halides is 3. The van der Waals surface area contributed by atoms with Gasteiger partial charge in [0.15, 0.2) is 11.6 Å². The molecular weight excluding hydrogens is 421 g/mol. The molecule has 3 rings (SSSR count). The lowest BCUT2D eigenvalue weighted by Gasteiger charge is -2.32. The van der Waals surface area contributed by atoms with Crippen molar-refractivity contribution < 1.29 is 31.5 Å². The molecule has 1 amide bonds. The van der Waals surface area contributed by atoms with E-state index in [2.05, 4.69) is 10.3 Å². The molecule has 1 aromatic carbocycles. The Morgan fingerprint density at radius 1 is 1.23 bits per heavy atom. The molecule has 0 aromatic heterocycles. The molecule has 1 saturated heterocycles. The Morgan fingerprint density at radius 2 is 1.94 bits per heavy atom. The van der Waals surface area contributed by atoms with Gasteiger partial charge in [0.2, 0.25) is 0 Å². The Hall–Kier alpha value is -2.39. The van der Waals surface area contributed by atoms with E-state index in [1.807, 2.05) is 0 Å². The first kappa shape index (κ1) is 23.3. The molecule has 0 saturated carbocycles. The van der Waals surface area contributed by atoms with Crippen LogP contribution in [0, 0.1) is 11.6 Å². The van der Waals surface area contributed by atoms with Crippen LogP contribution >= 0.6 is 0 Å². The second-order valence-corrected chi connectivity index (χ2v) is 8.94. The molecule has 2 aliphatic heterocycles. The van der Waals surface area contributed by atoms with Gasteiger partial charge in [-0.2, -0.15) is 13.2 Å². The summed E-state index contributed by atoms with van der Waals surface area (Å²) in [5.74, 6) is -2.25. The number of amidine groups is 1. The third-order valence-corrected chi connectivity index (χ3v) is 5.31. The van der Waals surface area contributed by atoms with Crippen LogP contribution in [-0.2, 0) is 4.74 Å². The van der Waals surface area contributed by atoms with Crippen molar-refractivity contribution in [3.8, 4) is 0 Å². The quantitative estimate of drug-likeness (QED) is 0.680. The summed E-state index contributed by atoms with van der Waals surface area (Å²) in [5.41, 5.74) is -0.646. The Labute approximate surface area is 177 Å². The molecule has 1 unspecified atom stereocenters. The highest BCUT2D eigenvalue weighted by atomic mass is 19.4. The van der Waals surface area contributed by atoms with Gasteiger partial charge in [-0.1, -0.05) is 12.1 Å². The molecule has 1 aromatic rings. The maximum atomic E-state index is 14.4. The van der Waals surface area contributed by atoms with Crippen LogP contribution in [0.3, 0.4) is 0 Å². The zero-order valence-corrected chi connectivity index (χ0v) is 17.6. The zero-order valence-electron chi connectivity index (χ0n) is 17.6. The van der Waals surface area contributed by atoms with Crippen molar-refractivity contribution >= 4 is 11.9 Å². The SMILES string of the molecule is CC(C)(C)OC(=O)N[C@@H]1CC[C@@H](c2cccc(F)c2F)CN2C1=NCC2CC(F)(F)F. The maximum absolute atomic E-state index is 14.4. The van der Waals surface area contributed by atoms with Gasteiger partial charge in [0.25, 0.3) is 0 Å². The molecule has 31 heavy (non-hydrogen) atoms. The summed E-state index contributed by atoms with van der Waals surface area (Å²) < 4.78 is 72.8. The molecule has 1 fully saturated rings. The monoisotopic (exact) mass is 447 g/mol. The summed E-state index contributed by atoms with van der Waals surface area (Å²) in [6.07, 6.45) is -5.58. The van der Waals surface area contributed by atoms with Crippen molar-refractivity contribution in [3.05, 3.63) is 35.4 Å². The van der Waals surface area contributed by atoms with E-state index in [-0.39, 0.29) is 18.7 Å². The van der Waals surface area contributed by atoms with Crippen molar-refractivity contribution in [1.82, 2.24) is 10.2 Å². The molecule has 172 valence electrons. The van der Waals surface area contributed by atoms with E-state index >= 15 is 0 Å². The van der Waals surface area contributed by atoms with Gasteiger partial charge in [-0.3, -0.25) is 4.99 Å². The number of rotatable bonds is 3. The Kier molecular flexibility index (Phi) is 6.48. The van der Waals surface area contributed by atoms with Crippen LogP contribution in [0.25, 0.3) is 0 Å². The third kappa shape index (κ3) is 5.86. The number of carbonyl (C=O) groups excluding carboxylic acids is 1. The molecule has 3 atom stereocenters. The minimum Gasteiger partial charge on any atom is -0.444 e. The van der Waals surface area contributed by atoms with Gasteiger partial charge in [-0.25, -0.2) is 13.6 Å². The number of ether oxygens (including phenoxy) is 1. The molecule has 2 aliphatic rings. The zero-order chi connectivity index (χ0) is 23.0. The van der Waals surface area contributed by atoms with Crippen LogP contribution in [0.4, 0.5) is 26.7 Å². The van der Waals surface area contributed by atoms with Crippen LogP contribution in [0.5, 0.6) is 0 Å². The average Bonchev–Trinajstić information content (AvgIpc) is 2.89. The van der Waals surface area contributed by atoms with E-state index in [0.717, 1.165) is 6.07 Å². The lowest BCUT2D eigenvalue weighted by molar-refractivity contribution is -0.143. The summed E-state index contributed by atoms with van der Waals surface area (Å²) in [5, 5.41) is 2.69. The predicted molar refractivity (Wildman–Crippen MR) is 105 cm³/mol. The molecule has 2 heterocycles. The average molecular weight is 447 g/mol. The van der Waals surface area contributed by atoms with Gasteiger partial charge < -0.3 is 15.0 Å². The topological polar surface area (TPSA) is 53.9 Å². The van der Waals surface area contributed by atoms with Crippen LogP contribution in [0.15, 0.2) is 23.2 Å². The van der Waals surface area contributed by atoms with Crippen molar-refractivity contribution in [3.63, 3.8) is 0 Å². The summed E-state index contributed by atoms with van der Waals surface area (Å²) >= 11 is 0. The van der Waals surface area contributed by atoms with Gasteiger partial charge in [-0.05, 0) is 45.2 Å². The smallest absolute Gasteiger partial charge is 0.408 e. The largest absolute Gasteiger partial charge is 0.444 e. The van der Waals surface area contributed by atoms with Gasteiger partial charge in [0.05, 0.1) is 25.0 Å². The number of hydrogen-bond acceptors (Lipinski definition) is 4. The predicted octanol–water partition coefficient (Wildman–Crippen LogP) is 4.77. The normalized spacial score (nSPS) is 24.3. The lowest BCUT2D eigenvalue weighted by Crippen LogP contribution is -2.50. The first-order valence-corrected chi connectivity index (χ1v) is 10.1. The molecule has 0 spiro atoms. The van der Waals surface area contributed by atoms with Crippen LogP contribution in [0.2, 0.25) is 0 Å². The van der Waals surface area contributed by atoms with E-state index in [4.69, 9.17) is 4.74 Å². The van der Waals surface area contributed by atoms with Gasteiger partial charge >= 0.3 is 12.3 Å². The highest BCUT2D eigenvalue weighted by Gasteiger charge is 2.43. The second kappa shape index (κ2) is 8.63. The van der Waals surface area contributed by atoms with E-state index in [1.54, 1.807) is 20.8 Å². The van der Waals surface area contributed by atoms with E-state index < -0.39 is 53.9 Å². The number of nitrogens with zero attached hydrogens (tertiary/aromatic N) is 2. The van der Waals surface area contributed by atoms with Crippen molar-refractivity contribution in [2.45, 2.75) is 69.8 Å². The Bertz CT molecular complexity index is 850. The van der Waals surface area contributed by atoms with Crippen molar-refractivity contribution in [2.75, 3.05) is 13.1 Å². The molecule has 0 bridgehead atoms. The van der Waals surface area contributed by atoms with Gasteiger partial charge in [0, 0.05) is 12.5 Å². The summed E-state index contributed by atoms with van der Waals surface area (Å²) in [4.78, 5) is 18.1. The second-order valence-electron chi connectivity index (χ2n) is 8.94. The number of hydrogen-bond donors (Lipinski definition) is 1. The number of carbonyl (C=O) groups is 1. The van der Waals surface area contributed by atoms with Crippen molar-refractivity contribution in [1.29, 1.82) is 0 Å². The Balaban J connectivity index is 1.88. The highest BCUT2D eigenvalue weighted by molar-refractivity contribution is 5.92. The minimum atomic E-state index is -4.41. The molecule has 1 N–H and O–H groups in total. The number of fused-ring (bicyclic) bond motifs is 1. The van der Waals surface area contributed by atoms with Gasteiger partial charge in [-0.15, -0.1) is 0 Å². The first-order chi connectivity index (χ1) is 14.3. The lowest BCUT2D eigenvalue weighted by atomic mass is 9.92. The van der Waals surface area contributed by atoms with Crippen molar-refractivity contribution in [2.24, 2.45) is 4.99 Å². The highest BCUT2D eigenvalue weighted by Crippen LogP contribution is 2.35. The number of nitrogens with one attached hydrogen (secondary N) is 1. The van der Waals surface area contributed by atoms with E-state index in [0.29, 0.717) is 18.7 Å². The number of aliphatic imine (C=N–C) groups is 1. The number of alkyl carbamates (subject to hydrolysis) is 1. The standard InChI is InChI=1S/C21H26F5N3O2/c1-20(2,3)31-19(30)28-16-8-7-12(14-5-4-6-15(22)17(14)23)11-29-13(9-21(24,25)26)10-27-18(16)29/h4-6,12-13,16H,7-11H2,1-3H3,(H,28,30)/t12-,13?,16-/m1/s1. The van der Waals surface area contributed by atoms with E-state index in [9.17, 15) is 26.7 Å². The minimum absolute atomic E-state index is 0.0481. The maximum Gasteiger partial charge on any atom is 0.408 e. The van der Waals surface area contributed by atoms with Crippen LogP contribution in [-0.4, -0.2) is 53.8 Å². The summed E-state index contributed by atoms with van der Waals surface area (Å²) in [6.45, 7) is 5.05. The first-order valence-electron chi connectivity index (χ1n) is 10.1. The molecule has 0 aliphatic carbocycles. The molecule has 5 nitrogen and oxygen atoms in total. The number of amides is 1. The Morgan fingerprint density at radius 3 is 2.58 bits per heavy atom. The van der Waals surface area contributed by atoms with Crippen LogP contribution in [0.1, 0.15) is 51.5 Å². The third-order valence-electron chi connectivity index (χ3n) is 5.31. The number of benzene rings is 1. The fourth-order valence-corrected chi connectivity index (χ4v) is 4.07. The molecule has 0 radical (unpaired) electrons. The fraction of sp³-hybridized carbons (Fsp3) is 0.619. The molecular formula is C21H26F5N3O2. The summed E-state index contributed by atoms with van der Waals surface area (Å²) in [6, 6.07) is 2.17. The number of halogens is 5. The van der Waals surface area contributed by atoms with E-state index in [1.165, 1.54) is 17.0 Å².